The second-order valence-electron chi connectivity index (χ2n) is 6.76. The van der Waals surface area contributed by atoms with E-state index < -0.39 is 24.5 Å². The summed E-state index contributed by atoms with van der Waals surface area (Å²) in [6.45, 7) is 0.593. The van der Waals surface area contributed by atoms with E-state index in [2.05, 4.69) is 12.2 Å². The standard InChI is InChI=1S/C22H23F3N2O3/c1-2-5-15-8-10-16(11-9-15)19(28)12-13-20(29)27-18-7-4-3-6-17(18)21(30)26-14-22(23,24)25/h3-4,6-11H,2,5,12-14H2,1H3,(H,26,30)(H,27,29). The van der Waals surface area contributed by atoms with Gasteiger partial charge in [0.1, 0.15) is 6.54 Å². The van der Waals surface area contributed by atoms with Gasteiger partial charge in [0, 0.05) is 18.4 Å². The molecule has 8 heteroatoms. The van der Waals surface area contributed by atoms with E-state index in [1.807, 2.05) is 12.1 Å². The van der Waals surface area contributed by atoms with Gasteiger partial charge in [-0.25, -0.2) is 0 Å². The van der Waals surface area contributed by atoms with Crippen molar-refractivity contribution in [3.63, 3.8) is 0 Å². The lowest BCUT2D eigenvalue weighted by molar-refractivity contribution is -0.123. The number of para-hydroxylation sites is 1. The average Bonchev–Trinajstić information content (AvgIpc) is 2.71. The molecule has 0 fully saturated rings. The Hall–Kier alpha value is -3.16. The van der Waals surface area contributed by atoms with Crippen molar-refractivity contribution >= 4 is 23.3 Å². The molecule has 160 valence electrons. The van der Waals surface area contributed by atoms with Gasteiger partial charge < -0.3 is 10.6 Å². The summed E-state index contributed by atoms with van der Waals surface area (Å²) in [5, 5.41) is 4.26. The molecule has 30 heavy (non-hydrogen) atoms. The fourth-order valence-electron chi connectivity index (χ4n) is 2.80. The minimum absolute atomic E-state index is 0.0264. The van der Waals surface area contributed by atoms with Crippen molar-refractivity contribution in [1.29, 1.82) is 0 Å². The van der Waals surface area contributed by atoms with E-state index in [9.17, 15) is 27.6 Å². The summed E-state index contributed by atoms with van der Waals surface area (Å²) in [6.07, 6.45) is -2.76. The average molecular weight is 420 g/mol. The number of amides is 2. The number of benzene rings is 2. The Bertz CT molecular complexity index is 893. The largest absolute Gasteiger partial charge is 0.405 e. The normalized spacial score (nSPS) is 11.1. The molecule has 0 atom stereocenters. The topological polar surface area (TPSA) is 75.3 Å². The van der Waals surface area contributed by atoms with Crippen LogP contribution in [0.2, 0.25) is 0 Å². The lowest BCUT2D eigenvalue weighted by Crippen LogP contribution is -2.34. The number of Topliss-reactive ketones (excluding diaryl/α,β-unsaturated/α-hetero) is 1. The molecule has 2 aromatic carbocycles. The Balaban J connectivity index is 1.93. The van der Waals surface area contributed by atoms with E-state index in [1.54, 1.807) is 23.5 Å². The molecule has 0 saturated heterocycles. The van der Waals surface area contributed by atoms with E-state index in [0.29, 0.717) is 5.56 Å². The summed E-state index contributed by atoms with van der Waals surface area (Å²) in [6, 6.07) is 13.0. The number of ketones is 1. The van der Waals surface area contributed by atoms with Crippen LogP contribution in [-0.4, -0.2) is 30.3 Å². The summed E-state index contributed by atoms with van der Waals surface area (Å²) in [4.78, 5) is 36.5. The molecular weight excluding hydrogens is 397 g/mol. The molecule has 2 N–H and O–H groups in total. The van der Waals surface area contributed by atoms with E-state index in [-0.39, 0.29) is 29.9 Å². The summed E-state index contributed by atoms with van der Waals surface area (Å²) in [7, 11) is 0. The minimum Gasteiger partial charge on any atom is -0.343 e. The molecule has 5 nitrogen and oxygen atoms in total. The van der Waals surface area contributed by atoms with E-state index in [4.69, 9.17) is 0 Å². The Morgan fingerprint density at radius 3 is 2.23 bits per heavy atom. The molecule has 0 aliphatic carbocycles. The molecule has 0 aliphatic heterocycles. The lowest BCUT2D eigenvalue weighted by atomic mass is 10.0. The monoisotopic (exact) mass is 420 g/mol. The number of hydrogen-bond donors (Lipinski definition) is 2. The zero-order chi connectivity index (χ0) is 22.1. The first-order chi connectivity index (χ1) is 14.2. The summed E-state index contributed by atoms with van der Waals surface area (Å²) >= 11 is 0. The first kappa shape index (κ1) is 23.1. The maximum atomic E-state index is 12.3. The predicted molar refractivity (Wildman–Crippen MR) is 107 cm³/mol. The van der Waals surface area contributed by atoms with Crippen molar-refractivity contribution in [3.8, 4) is 0 Å². The van der Waals surface area contributed by atoms with Crippen molar-refractivity contribution < 1.29 is 27.6 Å². The van der Waals surface area contributed by atoms with Crippen LogP contribution in [0.3, 0.4) is 0 Å². The van der Waals surface area contributed by atoms with Gasteiger partial charge in [-0.05, 0) is 24.1 Å². The number of nitrogens with one attached hydrogen (secondary N) is 2. The molecule has 0 unspecified atom stereocenters. The van der Waals surface area contributed by atoms with Crippen LogP contribution in [0.1, 0.15) is 52.5 Å². The number of rotatable bonds is 9. The third-order valence-electron chi connectivity index (χ3n) is 4.29. The number of alkyl halides is 3. The van der Waals surface area contributed by atoms with Crippen LogP contribution in [-0.2, 0) is 11.2 Å². The van der Waals surface area contributed by atoms with E-state index in [0.717, 1.165) is 18.4 Å². The van der Waals surface area contributed by atoms with Gasteiger partial charge in [0.05, 0.1) is 11.3 Å². The Kier molecular flexibility index (Phi) is 8.15. The van der Waals surface area contributed by atoms with Gasteiger partial charge in [-0.2, -0.15) is 13.2 Å². The van der Waals surface area contributed by atoms with Gasteiger partial charge in [0.15, 0.2) is 5.78 Å². The number of anilines is 1. The van der Waals surface area contributed by atoms with Gasteiger partial charge in [0.25, 0.3) is 5.91 Å². The minimum atomic E-state index is -4.54. The SMILES string of the molecule is CCCc1ccc(C(=O)CCC(=O)Nc2ccccc2C(=O)NCC(F)(F)F)cc1. The molecule has 0 radical (unpaired) electrons. The van der Waals surface area contributed by atoms with Crippen LogP contribution >= 0.6 is 0 Å². The quantitative estimate of drug-likeness (QED) is 0.585. The van der Waals surface area contributed by atoms with Crippen LogP contribution in [0.15, 0.2) is 48.5 Å². The smallest absolute Gasteiger partial charge is 0.343 e. The highest BCUT2D eigenvalue weighted by molar-refractivity contribution is 6.05. The van der Waals surface area contributed by atoms with E-state index >= 15 is 0 Å². The van der Waals surface area contributed by atoms with E-state index in [1.165, 1.54) is 18.2 Å². The third kappa shape index (κ3) is 7.35. The van der Waals surface area contributed by atoms with Crippen LogP contribution in [0.4, 0.5) is 18.9 Å². The fraction of sp³-hybridized carbons (Fsp3) is 0.318. The first-order valence-corrected chi connectivity index (χ1v) is 9.55. The highest BCUT2D eigenvalue weighted by Gasteiger charge is 2.28. The highest BCUT2D eigenvalue weighted by Crippen LogP contribution is 2.18. The van der Waals surface area contributed by atoms with Crippen molar-refractivity contribution in [2.24, 2.45) is 0 Å². The van der Waals surface area contributed by atoms with Gasteiger partial charge in [0.2, 0.25) is 5.91 Å². The molecule has 2 aromatic rings. The van der Waals surface area contributed by atoms with Crippen molar-refractivity contribution in [2.45, 2.75) is 38.8 Å². The van der Waals surface area contributed by atoms with Gasteiger partial charge >= 0.3 is 6.18 Å². The molecule has 2 amide bonds. The molecule has 0 saturated carbocycles. The molecule has 0 aromatic heterocycles. The number of carbonyl (C=O) groups is 3. The molecular formula is C22H23F3N2O3. The summed E-state index contributed by atoms with van der Waals surface area (Å²) < 4.78 is 36.9. The molecule has 2 rings (SSSR count). The summed E-state index contributed by atoms with van der Waals surface area (Å²) in [5.74, 6) is -1.65. The first-order valence-electron chi connectivity index (χ1n) is 9.55. The Morgan fingerprint density at radius 2 is 1.60 bits per heavy atom. The predicted octanol–water partition coefficient (Wildman–Crippen LogP) is 4.53. The van der Waals surface area contributed by atoms with Crippen molar-refractivity contribution in [1.82, 2.24) is 5.32 Å². The van der Waals surface area contributed by atoms with Crippen LogP contribution in [0, 0.1) is 0 Å². The zero-order valence-electron chi connectivity index (χ0n) is 16.5. The maximum Gasteiger partial charge on any atom is 0.405 e. The second-order valence-corrected chi connectivity index (χ2v) is 6.76. The molecule has 0 heterocycles. The van der Waals surface area contributed by atoms with Crippen LogP contribution in [0.25, 0.3) is 0 Å². The number of carbonyl (C=O) groups excluding carboxylic acids is 3. The van der Waals surface area contributed by atoms with Gasteiger partial charge in [-0.15, -0.1) is 0 Å². The van der Waals surface area contributed by atoms with Gasteiger partial charge in [-0.1, -0.05) is 49.7 Å². The number of hydrogen-bond acceptors (Lipinski definition) is 3. The Labute approximate surface area is 172 Å². The molecule has 0 spiro atoms. The van der Waals surface area contributed by atoms with Gasteiger partial charge in [-0.3, -0.25) is 14.4 Å². The number of aryl methyl sites for hydroxylation is 1. The maximum absolute atomic E-state index is 12.3. The Morgan fingerprint density at radius 1 is 0.933 bits per heavy atom. The molecule has 0 bridgehead atoms. The zero-order valence-corrected chi connectivity index (χ0v) is 16.5. The van der Waals surface area contributed by atoms with Crippen molar-refractivity contribution in [3.05, 3.63) is 65.2 Å². The fourth-order valence-corrected chi connectivity index (χ4v) is 2.80. The van der Waals surface area contributed by atoms with Crippen LogP contribution in [0.5, 0.6) is 0 Å². The van der Waals surface area contributed by atoms with Crippen LogP contribution < -0.4 is 10.6 Å². The number of halogens is 3. The summed E-state index contributed by atoms with van der Waals surface area (Å²) in [5.41, 5.74) is 1.63. The third-order valence-corrected chi connectivity index (χ3v) is 4.29. The molecule has 0 aliphatic rings. The van der Waals surface area contributed by atoms with Crippen molar-refractivity contribution in [2.75, 3.05) is 11.9 Å². The second kappa shape index (κ2) is 10.6. The lowest BCUT2D eigenvalue weighted by Gasteiger charge is -2.12. The highest BCUT2D eigenvalue weighted by atomic mass is 19.4.